The molecule has 0 aromatic rings. The first kappa shape index (κ1) is 9.31. The van der Waals surface area contributed by atoms with E-state index >= 15 is 0 Å². The fourth-order valence-electron chi connectivity index (χ4n) is 2.11. The number of ether oxygens (including phenoxy) is 1. The maximum absolute atomic E-state index is 11.2. The van der Waals surface area contributed by atoms with E-state index in [-0.39, 0.29) is 5.97 Å². The lowest BCUT2D eigenvalue weighted by Gasteiger charge is -2.13. The molecule has 3 heteroatoms. The fourth-order valence-corrected chi connectivity index (χ4v) is 2.11. The average Bonchev–Trinajstić information content (AvgIpc) is 2.62. The molecule has 0 amide bonds. The van der Waals surface area contributed by atoms with Gasteiger partial charge in [0.05, 0.1) is 13.5 Å². The summed E-state index contributed by atoms with van der Waals surface area (Å²) in [7, 11) is 1.45. The molecule has 0 saturated carbocycles. The Morgan fingerprint density at radius 1 is 1.71 bits per heavy atom. The molecular weight excluding hydrogens is 178 g/mol. The lowest BCUT2D eigenvalue weighted by molar-refractivity contribution is -0.141. The quantitative estimate of drug-likeness (QED) is 0.673. The summed E-state index contributed by atoms with van der Waals surface area (Å²) in [5, 5.41) is 3.32. The Morgan fingerprint density at radius 3 is 3.36 bits per heavy atom. The molecule has 1 aliphatic heterocycles. The molecule has 1 atom stereocenters. The lowest BCUT2D eigenvalue weighted by Crippen LogP contribution is -2.16. The molecule has 76 valence electrons. The number of hydrogen-bond acceptors (Lipinski definition) is 3. The van der Waals surface area contributed by atoms with Crippen LogP contribution in [0, 0.1) is 5.92 Å². The van der Waals surface area contributed by atoms with Crippen molar-refractivity contribution in [2.75, 3.05) is 13.7 Å². The van der Waals surface area contributed by atoms with Crippen molar-refractivity contribution in [2.24, 2.45) is 5.92 Å². The summed E-state index contributed by atoms with van der Waals surface area (Å²) in [4.78, 5) is 11.2. The van der Waals surface area contributed by atoms with E-state index in [0.717, 1.165) is 19.4 Å². The molecule has 0 radical (unpaired) electrons. The van der Waals surface area contributed by atoms with Gasteiger partial charge in [0, 0.05) is 18.2 Å². The molecule has 0 spiro atoms. The molecule has 0 fully saturated rings. The van der Waals surface area contributed by atoms with Crippen LogP contribution in [0.1, 0.15) is 19.3 Å². The first-order chi connectivity index (χ1) is 6.81. The lowest BCUT2D eigenvalue weighted by atomic mass is 9.91. The van der Waals surface area contributed by atoms with Gasteiger partial charge in [0.25, 0.3) is 0 Å². The van der Waals surface area contributed by atoms with Crippen molar-refractivity contribution in [1.29, 1.82) is 0 Å². The maximum Gasteiger partial charge on any atom is 0.306 e. The van der Waals surface area contributed by atoms with E-state index in [9.17, 15) is 4.79 Å². The minimum Gasteiger partial charge on any atom is -0.469 e. The fraction of sp³-hybridized carbons (Fsp3) is 0.545. The van der Waals surface area contributed by atoms with Gasteiger partial charge in [0.2, 0.25) is 0 Å². The molecule has 14 heavy (non-hydrogen) atoms. The molecule has 0 saturated heterocycles. The number of allylic oxidation sites excluding steroid dienone is 2. The van der Waals surface area contributed by atoms with Gasteiger partial charge < -0.3 is 10.1 Å². The van der Waals surface area contributed by atoms with Crippen LogP contribution in [0.15, 0.2) is 23.4 Å². The zero-order chi connectivity index (χ0) is 9.97. The van der Waals surface area contributed by atoms with E-state index in [2.05, 4.69) is 22.2 Å². The van der Waals surface area contributed by atoms with Gasteiger partial charge in [0.15, 0.2) is 0 Å². The third-order valence-electron chi connectivity index (χ3n) is 2.88. The highest BCUT2D eigenvalue weighted by Gasteiger charge is 2.27. The van der Waals surface area contributed by atoms with Crippen LogP contribution < -0.4 is 5.32 Å². The van der Waals surface area contributed by atoms with Crippen LogP contribution >= 0.6 is 0 Å². The van der Waals surface area contributed by atoms with Crippen LogP contribution in [-0.4, -0.2) is 19.6 Å². The molecule has 0 aromatic heterocycles. The van der Waals surface area contributed by atoms with Gasteiger partial charge in [-0.05, 0) is 24.5 Å². The van der Waals surface area contributed by atoms with Gasteiger partial charge >= 0.3 is 5.97 Å². The number of carbonyl (C=O) groups excluding carboxylic acids is 1. The largest absolute Gasteiger partial charge is 0.469 e. The summed E-state index contributed by atoms with van der Waals surface area (Å²) in [6, 6.07) is 0. The standard InChI is InChI=1S/C11H15NO2/c1-14-11(13)6-8-7-12-10-5-3-2-4-9(8)10/h3,5,8,12H,2,4,6-7H2,1H3. The zero-order valence-electron chi connectivity index (χ0n) is 8.38. The van der Waals surface area contributed by atoms with Crippen LogP contribution in [0.4, 0.5) is 0 Å². The number of hydrogen-bond donors (Lipinski definition) is 1. The summed E-state index contributed by atoms with van der Waals surface area (Å²) in [6.45, 7) is 0.879. The van der Waals surface area contributed by atoms with Gasteiger partial charge in [-0.1, -0.05) is 6.08 Å². The Bertz CT molecular complexity index is 304. The average molecular weight is 193 g/mol. The monoisotopic (exact) mass is 193 g/mol. The van der Waals surface area contributed by atoms with E-state index in [1.54, 1.807) is 0 Å². The molecule has 1 unspecified atom stereocenters. The van der Waals surface area contributed by atoms with Crippen LogP contribution in [0.2, 0.25) is 0 Å². The van der Waals surface area contributed by atoms with Crippen molar-refractivity contribution < 1.29 is 9.53 Å². The predicted molar refractivity (Wildman–Crippen MR) is 53.5 cm³/mol. The highest BCUT2D eigenvalue weighted by atomic mass is 16.5. The molecule has 1 N–H and O–H groups in total. The van der Waals surface area contributed by atoms with Crippen molar-refractivity contribution in [2.45, 2.75) is 19.3 Å². The summed E-state index contributed by atoms with van der Waals surface area (Å²) < 4.78 is 4.68. The summed E-state index contributed by atoms with van der Waals surface area (Å²) in [5.41, 5.74) is 2.63. The predicted octanol–water partition coefficient (Wildman–Crippen LogP) is 1.37. The van der Waals surface area contributed by atoms with Crippen LogP contribution in [0.5, 0.6) is 0 Å². The Labute approximate surface area is 83.8 Å². The van der Waals surface area contributed by atoms with Crippen LogP contribution in [0.3, 0.4) is 0 Å². The highest BCUT2D eigenvalue weighted by Crippen LogP contribution is 2.31. The van der Waals surface area contributed by atoms with E-state index < -0.39 is 0 Å². The third kappa shape index (κ3) is 1.67. The molecule has 0 aromatic carbocycles. The minimum absolute atomic E-state index is 0.111. The second kappa shape index (κ2) is 3.86. The van der Waals surface area contributed by atoms with Gasteiger partial charge in [-0.2, -0.15) is 0 Å². The summed E-state index contributed by atoms with van der Waals surface area (Å²) >= 11 is 0. The summed E-state index contributed by atoms with van der Waals surface area (Å²) in [6.07, 6.45) is 6.98. The van der Waals surface area contributed by atoms with Gasteiger partial charge in [-0.25, -0.2) is 0 Å². The van der Waals surface area contributed by atoms with Gasteiger partial charge in [0.1, 0.15) is 0 Å². The van der Waals surface area contributed by atoms with E-state index in [4.69, 9.17) is 0 Å². The first-order valence-electron chi connectivity index (χ1n) is 5.01. The SMILES string of the molecule is COC(=O)CC1CNC2=C1CCC=C2. The van der Waals surface area contributed by atoms with E-state index in [0.29, 0.717) is 12.3 Å². The third-order valence-corrected chi connectivity index (χ3v) is 2.88. The Morgan fingerprint density at radius 2 is 2.57 bits per heavy atom. The zero-order valence-corrected chi connectivity index (χ0v) is 8.38. The molecule has 1 heterocycles. The Hall–Kier alpha value is -1.25. The minimum atomic E-state index is -0.111. The maximum atomic E-state index is 11.2. The van der Waals surface area contributed by atoms with Crippen molar-refractivity contribution in [1.82, 2.24) is 5.32 Å². The molecule has 3 nitrogen and oxygen atoms in total. The smallest absolute Gasteiger partial charge is 0.306 e. The van der Waals surface area contributed by atoms with Gasteiger partial charge in [-0.3, -0.25) is 4.79 Å². The topological polar surface area (TPSA) is 38.3 Å². The number of esters is 1. The summed E-state index contributed by atoms with van der Waals surface area (Å²) in [5.74, 6) is 0.238. The number of carbonyl (C=O) groups is 1. The Balaban J connectivity index is 2.05. The molecule has 2 rings (SSSR count). The number of nitrogens with one attached hydrogen (secondary N) is 1. The number of methoxy groups -OCH3 is 1. The normalized spacial score (nSPS) is 24.5. The molecule has 2 aliphatic rings. The molecule has 1 aliphatic carbocycles. The van der Waals surface area contributed by atoms with E-state index in [1.807, 2.05) is 0 Å². The van der Waals surface area contributed by atoms with Crippen LogP contribution in [0.25, 0.3) is 0 Å². The first-order valence-corrected chi connectivity index (χ1v) is 5.01. The van der Waals surface area contributed by atoms with Crippen molar-refractivity contribution >= 4 is 5.97 Å². The van der Waals surface area contributed by atoms with Gasteiger partial charge in [-0.15, -0.1) is 0 Å². The van der Waals surface area contributed by atoms with Crippen LogP contribution in [-0.2, 0) is 9.53 Å². The molecule has 0 bridgehead atoms. The number of rotatable bonds is 2. The van der Waals surface area contributed by atoms with Crippen molar-refractivity contribution in [3.63, 3.8) is 0 Å². The highest BCUT2D eigenvalue weighted by molar-refractivity contribution is 5.70. The Kier molecular flexibility index (Phi) is 2.57. The van der Waals surface area contributed by atoms with E-state index in [1.165, 1.54) is 18.4 Å². The second-order valence-electron chi connectivity index (χ2n) is 3.74. The van der Waals surface area contributed by atoms with Crippen molar-refractivity contribution in [3.8, 4) is 0 Å². The molecular formula is C11H15NO2. The van der Waals surface area contributed by atoms with Crippen molar-refractivity contribution in [3.05, 3.63) is 23.4 Å². The second-order valence-corrected chi connectivity index (χ2v) is 3.74.